The summed E-state index contributed by atoms with van der Waals surface area (Å²) in [5.74, 6) is 0.335. The molecule has 0 unspecified atom stereocenters. The first kappa shape index (κ1) is 25.3. The van der Waals surface area contributed by atoms with Gasteiger partial charge in [-0.05, 0) is 58.0 Å². The predicted octanol–water partition coefficient (Wildman–Crippen LogP) is 4.25. The van der Waals surface area contributed by atoms with Crippen molar-refractivity contribution in [3.05, 3.63) is 65.9 Å². The molecule has 0 saturated heterocycles. The number of likely N-dealkylation sites (N-methyl/N-ethyl adjacent to an activating group) is 1. The highest BCUT2D eigenvalue weighted by atomic mass is 16.2. The molecule has 1 aliphatic rings. The monoisotopic (exact) mass is 486 g/mol. The van der Waals surface area contributed by atoms with Gasteiger partial charge in [0.1, 0.15) is 0 Å². The molecule has 8 nitrogen and oxygen atoms in total. The van der Waals surface area contributed by atoms with Crippen LogP contribution in [0.5, 0.6) is 0 Å². The van der Waals surface area contributed by atoms with Gasteiger partial charge >= 0.3 is 0 Å². The van der Waals surface area contributed by atoms with Crippen LogP contribution in [-0.2, 0) is 11.2 Å². The van der Waals surface area contributed by atoms with Gasteiger partial charge in [-0.1, -0.05) is 18.2 Å². The number of nitrogens with zero attached hydrogens (tertiary/aromatic N) is 4. The lowest BCUT2D eigenvalue weighted by atomic mass is 10.1. The molecule has 0 spiro atoms. The molecule has 4 rings (SSSR count). The van der Waals surface area contributed by atoms with E-state index in [4.69, 9.17) is 4.98 Å². The van der Waals surface area contributed by atoms with Crippen LogP contribution in [0.4, 0.5) is 17.3 Å². The summed E-state index contributed by atoms with van der Waals surface area (Å²) in [6.07, 6.45) is 1.95. The van der Waals surface area contributed by atoms with Crippen molar-refractivity contribution in [3.8, 4) is 11.3 Å². The molecule has 1 aromatic heterocycles. The van der Waals surface area contributed by atoms with E-state index in [1.54, 1.807) is 30.3 Å². The number of para-hydroxylation sites is 1. The number of rotatable bonds is 8. The Balaban J connectivity index is 1.44. The zero-order valence-electron chi connectivity index (χ0n) is 21.6. The van der Waals surface area contributed by atoms with Crippen LogP contribution in [0.25, 0.3) is 11.3 Å². The van der Waals surface area contributed by atoms with E-state index in [2.05, 4.69) is 48.2 Å². The Morgan fingerprint density at radius 1 is 1.06 bits per heavy atom. The fraction of sp³-hybridized carbons (Fsp3) is 0.357. The summed E-state index contributed by atoms with van der Waals surface area (Å²) in [6, 6.07) is 15.8. The van der Waals surface area contributed by atoms with E-state index in [0.29, 0.717) is 30.1 Å². The average molecular weight is 487 g/mol. The summed E-state index contributed by atoms with van der Waals surface area (Å²) in [5.41, 5.74) is 4.63. The van der Waals surface area contributed by atoms with Gasteiger partial charge < -0.3 is 15.5 Å². The van der Waals surface area contributed by atoms with E-state index in [0.717, 1.165) is 34.7 Å². The minimum atomic E-state index is -0.0966. The third-order valence-electron chi connectivity index (χ3n) is 6.49. The number of hydrogen-bond donors (Lipinski definition) is 2. The molecule has 0 radical (unpaired) electrons. The second-order valence-electron chi connectivity index (χ2n) is 9.60. The molecule has 2 aromatic carbocycles. The molecule has 8 heteroatoms. The van der Waals surface area contributed by atoms with Gasteiger partial charge in [-0.15, -0.1) is 0 Å². The summed E-state index contributed by atoms with van der Waals surface area (Å²) in [7, 11) is 1.78. The third-order valence-corrected chi connectivity index (χ3v) is 6.49. The van der Waals surface area contributed by atoms with Crippen molar-refractivity contribution >= 4 is 29.1 Å². The summed E-state index contributed by atoms with van der Waals surface area (Å²) < 4.78 is 0. The van der Waals surface area contributed by atoms with Gasteiger partial charge in [-0.25, -0.2) is 9.97 Å². The lowest BCUT2D eigenvalue weighted by Gasteiger charge is -2.30. The highest BCUT2D eigenvalue weighted by molar-refractivity contribution is 6.01. The molecule has 2 heterocycles. The zero-order chi connectivity index (χ0) is 25.8. The SMILES string of the molecule is CC(C)N(CCNC(=O)c1ccc(Nc2ncc3c(n2)-c2ccccc2N(C)C(=O)C3)cc1)C(C)C. The van der Waals surface area contributed by atoms with E-state index < -0.39 is 0 Å². The fourth-order valence-corrected chi connectivity index (χ4v) is 4.56. The van der Waals surface area contributed by atoms with Crippen molar-refractivity contribution in [2.45, 2.75) is 46.2 Å². The van der Waals surface area contributed by atoms with Crippen molar-refractivity contribution in [1.82, 2.24) is 20.2 Å². The molecule has 0 atom stereocenters. The molecule has 0 bridgehead atoms. The van der Waals surface area contributed by atoms with Gasteiger partial charge in [0, 0.05) is 60.8 Å². The van der Waals surface area contributed by atoms with Crippen molar-refractivity contribution in [3.63, 3.8) is 0 Å². The Kier molecular flexibility index (Phi) is 7.64. The zero-order valence-corrected chi connectivity index (χ0v) is 21.6. The van der Waals surface area contributed by atoms with E-state index >= 15 is 0 Å². The highest BCUT2D eigenvalue weighted by Crippen LogP contribution is 2.35. The normalized spacial score (nSPS) is 13.0. The second-order valence-corrected chi connectivity index (χ2v) is 9.60. The lowest BCUT2D eigenvalue weighted by molar-refractivity contribution is -0.117. The van der Waals surface area contributed by atoms with Gasteiger partial charge in [-0.2, -0.15) is 0 Å². The molecule has 0 saturated carbocycles. The van der Waals surface area contributed by atoms with Crippen molar-refractivity contribution in [2.75, 3.05) is 30.4 Å². The Morgan fingerprint density at radius 3 is 2.44 bits per heavy atom. The van der Waals surface area contributed by atoms with Crippen LogP contribution >= 0.6 is 0 Å². The Hall–Kier alpha value is -3.78. The summed E-state index contributed by atoms with van der Waals surface area (Å²) >= 11 is 0. The summed E-state index contributed by atoms with van der Waals surface area (Å²) in [5, 5.41) is 6.23. The van der Waals surface area contributed by atoms with E-state index in [1.165, 1.54) is 0 Å². The van der Waals surface area contributed by atoms with Crippen molar-refractivity contribution in [1.29, 1.82) is 0 Å². The number of aromatic nitrogens is 2. The van der Waals surface area contributed by atoms with Gasteiger partial charge in [0.2, 0.25) is 11.9 Å². The minimum Gasteiger partial charge on any atom is -0.351 e. The Labute approximate surface area is 212 Å². The number of anilines is 3. The second kappa shape index (κ2) is 10.9. The quantitative estimate of drug-likeness (QED) is 0.495. The van der Waals surface area contributed by atoms with Crippen molar-refractivity contribution < 1.29 is 9.59 Å². The maximum absolute atomic E-state index is 12.6. The summed E-state index contributed by atoms with van der Waals surface area (Å²) in [4.78, 5) is 38.3. The molecular formula is C28H34N6O2. The standard InChI is InChI=1S/C28H34N6O2/c1-18(2)34(19(3)4)15-14-29-27(36)20-10-12-22(13-11-20)31-28-30-17-21-16-25(35)33(5)24-9-7-6-8-23(24)26(21)32-28/h6-13,17-19H,14-16H2,1-5H3,(H,29,36)(H,30,31,32). The lowest BCUT2D eigenvalue weighted by Crippen LogP contribution is -2.42. The molecule has 2 amide bonds. The molecule has 188 valence electrons. The van der Waals surface area contributed by atoms with E-state index in [9.17, 15) is 9.59 Å². The van der Waals surface area contributed by atoms with Gasteiger partial charge in [0.25, 0.3) is 5.91 Å². The average Bonchev–Trinajstić information content (AvgIpc) is 2.96. The van der Waals surface area contributed by atoms with Crippen LogP contribution in [0.15, 0.2) is 54.7 Å². The maximum Gasteiger partial charge on any atom is 0.251 e. The number of nitrogens with one attached hydrogen (secondary N) is 2. The molecule has 1 aliphatic heterocycles. The number of carbonyl (C=O) groups excluding carboxylic acids is 2. The highest BCUT2D eigenvalue weighted by Gasteiger charge is 2.24. The minimum absolute atomic E-state index is 0.000458. The van der Waals surface area contributed by atoms with Crippen LogP contribution < -0.4 is 15.5 Å². The van der Waals surface area contributed by atoms with E-state index in [-0.39, 0.29) is 18.2 Å². The molecule has 0 aliphatic carbocycles. The van der Waals surface area contributed by atoms with Crippen LogP contribution in [0.3, 0.4) is 0 Å². The number of amides is 2. The van der Waals surface area contributed by atoms with Gasteiger partial charge in [0.05, 0.1) is 17.8 Å². The molecule has 2 N–H and O–H groups in total. The topological polar surface area (TPSA) is 90.5 Å². The van der Waals surface area contributed by atoms with Crippen LogP contribution in [-0.4, -0.2) is 58.9 Å². The number of hydrogen-bond acceptors (Lipinski definition) is 6. The number of carbonyl (C=O) groups is 2. The van der Waals surface area contributed by atoms with Crippen LogP contribution in [0.2, 0.25) is 0 Å². The Bertz CT molecular complexity index is 1230. The number of fused-ring (bicyclic) bond motifs is 3. The first-order valence-corrected chi connectivity index (χ1v) is 12.4. The van der Waals surface area contributed by atoms with Gasteiger partial charge in [0.15, 0.2) is 0 Å². The number of benzene rings is 2. The summed E-state index contributed by atoms with van der Waals surface area (Å²) in [6.45, 7) is 10.1. The maximum atomic E-state index is 12.6. The molecule has 3 aromatic rings. The smallest absolute Gasteiger partial charge is 0.251 e. The van der Waals surface area contributed by atoms with Crippen LogP contribution in [0, 0.1) is 0 Å². The van der Waals surface area contributed by atoms with Crippen LogP contribution in [0.1, 0.15) is 43.6 Å². The van der Waals surface area contributed by atoms with Crippen molar-refractivity contribution in [2.24, 2.45) is 0 Å². The van der Waals surface area contributed by atoms with Gasteiger partial charge in [-0.3, -0.25) is 14.5 Å². The largest absolute Gasteiger partial charge is 0.351 e. The first-order chi connectivity index (χ1) is 17.2. The molecule has 0 fully saturated rings. The van der Waals surface area contributed by atoms with E-state index in [1.807, 2.05) is 36.4 Å². The molecule has 36 heavy (non-hydrogen) atoms. The first-order valence-electron chi connectivity index (χ1n) is 12.4. The Morgan fingerprint density at radius 2 is 1.75 bits per heavy atom. The molecular weight excluding hydrogens is 452 g/mol. The third kappa shape index (κ3) is 5.54. The predicted molar refractivity (Wildman–Crippen MR) is 144 cm³/mol. The fourth-order valence-electron chi connectivity index (χ4n) is 4.56.